The second-order valence-electron chi connectivity index (χ2n) is 7.16. The Kier molecular flexibility index (Phi) is 5.91. The third-order valence-electron chi connectivity index (χ3n) is 5.49. The van der Waals surface area contributed by atoms with Gasteiger partial charge in [0.2, 0.25) is 0 Å². The summed E-state index contributed by atoms with van der Waals surface area (Å²) in [5.41, 5.74) is 1.37. The SMILES string of the molecule is CN1CCCCC1CC(OC1CCCCC1)c1ccccc1. The molecular formula is C20H31NO. The van der Waals surface area contributed by atoms with Crippen LogP contribution in [0.3, 0.4) is 0 Å². The number of piperidine rings is 1. The minimum absolute atomic E-state index is 0.273. The summed E-state index contributed by atoms with van der Waals surface area (Å²) in [6.45, 7) is 1.25. The molecule has 0 spiro atoms. The minimum atomic E-state index is 0.273. The van der Waals surface area contributed by atoms with Crippen LogP contribution >= 0.6 is 0 Å². The first-order valence-electron chi connectivity index (χ1n) is 9.23. The molecule has 0 N–H and O–H groups in total. The molecule has 2 aliphatic rings. The fourth-order valence-corrected chi connectivity index (χ4v) is 4.06. The fourth-order valence-electron chi connectivity index (χ4n) is 4.06. The van der Waals surface area contributed by atoms with E-state index in [9.17, 15) is 0 Å². The maximum absolute atomic E-state index is 6.60. The number of likely N-dealkylation sites (tertiary alicyclic amines) is 1. The molecule has 0 bridgehead atoms. The first-order chi connectivity index (χ1) is 10.8. The van der Waals surface area contributed by atoms with E-state index in [1.54, 1.807) is 0 Å². The van der Waals surface area contributed by atoms with Crippen molar-refractivity contribution in [2.75, 3.05) is 13.6 Å². The Labute approximate surface area is 135 Å². The quantitative estimate of drug-likeness (QED) is 0.763. The molecule has 2 nitrogen and oxygen atoms in total. The van der Waals surface area contributed by atoms with E-state index in [1.807, 2.05) is 0 Å². The van der Waals surface area contributed by atoms with E-state index >= 15 is 0 Å². The molecule has 2 fully saturated rings. The van der Waals surface area contributed by atoms with Gasteiger partial charge in [0.05, 0.1) is 12.2 Å². The Morgan fingerprint density at radius 2 is 1.73 bits per heavy atom. The lowest BCUT2D eigenvalue weighted by molar-refractivity contribution is -0.0478. The Morgan fingerprint density at radius 1 is 1.00 bits per heavy atom. The predicted molar refractivity (Wildman–Crippen MR) is 92.0 cm³/mol. The van der Waals surface area contributed by atoms with Gasteiger partial charge in [-0.1, -0.05) is 56.0 Å². The maximum Gasteiger partial charge on any atom is 0.0843 e. The molecule has 1 saturated heterocycles. The van der Waals surface area contributed by atoms with Crippen LogP contribution in [0.25, 0.3) is 0 Å². The molecule has 1 aliphatic heterocycles. The van der Waals surface area contributed by atoms with Crippen LogP contribution in [-0.2, 0) is 4.74 Å². The minimum Gasteiger partial charge on any atom is -0.370 e. The largest absolute Gasteiger partial charge is 0.370 e. The Bertz CT molecular complexity index is 427. The van der Waals surface area contributed by atoms with Crippen molar-refractivity contribution in [1.29, 1.82) is 0 Å². The normalized spacial score (nSPS) is 26.0. The Hall–Kier alpha value is -0.860. The van der Waals surface area contributed by atoms with Gasteiger partial charge in [-0.15, -0.1) is 0 Å². The van der Waals surface area contributed by atoms with Crippen molar-refractivity contribution < 1.29 is 4.74 Å². The Morgan fingerprint density at radius 3 is 2.45 bits per heavy atom. The van der Waals surface area contributed by atoms with E-state index < -0.39 is 0 Å². The van der Waals surface area contributed by atoms with Crippen LogP contribution in [0.15, 0.2) is 30.3 Å². The first-order valence-corrected chi connectivity index (χ1v) is 9.23. The van der Waals surface area contributed by atoms with E-state index in [2.05, 4.69) is 42.3 Å². The summed E-state index contributed by atoms with van der Waals surface area (Å²) in [7, 11) is 2.28. The zero-order valence-electron chi connectivity index (χ0n) is 14.0. The summed E-state index contributed by atoms with van der Waals surface area (Å²) in [6, 6.07) is 11.6. The van der Waals surface area contributed by atoms with Crippen molar-refractivity contribution in [3.05, 3.63) is 35.9 Å². The van der Waals surface area contributed by atoms with Gasteiger partial charge < -0.3 is 9.64 Å². The second-order valence-corrected chi connectivity index (χ2v) is 7.16. The van der Waals surface area contributed by atoms with Crippen LogP contribution in [0.1, 0.15) is 69.5 Å². The van der Waals surface area contributed by atoms with Crippen molar-refractivity contribution in [3.63, 3.8) is 0 Å². The van der Waals surface area contributed by atoms with Gasteiger partial charge in [0.1, 0.15) is 0 Å². The third-order valence-corrected chi connectivity index (χ3v) is 5.49. The molecule has 1 aromatic carbocycles. The number of ether oxygens (including phenoxy) is 1. The van der Waals surface area contributed by atoms with Crippen molar-refractivity contribution in [3.8, 4) is 0 Å². The topological polar surface area (TPSA) is 12.5 Å². The monoisotopic (exact) mass is 301 g/mol. The lowest BCUT2D eigenvalue weighted by Gasteiger charge is -2.36. The van der Waals surface area contributed by atoms with Crippen LogP contribution < -0.4 is 0 Å². The molecule has 2 heteroatoms. The van der Waals surface area contributed by atoms with E-state index in [1.165, 1.54) is 63.5 Å². The zero-order chi connectivity index (χ0) is 15.2. The molecule has 1 aromatic rings. The molecule has 22 heavy (non-hydrogen) atoms. The number of benzene rings is 1. The van der Waals surface area contributed by atoms with E-state index in [0.29, 0.717) is 12.1 Å². The molecule has 2 atom stereocenters. The molecule has 1 aliphatic carbocycles. The zero-order valence-corrected chi connectivity index (χ0v) is 14.0. The summed E-state index contributed by atoms with van der Waals surface area (Å²) in [5, 5.41) is 0. The molecule has 1 heterocycles. The molecule has 0 amide bonds. The van der Waals surface area contributed by atoms with E-state index in [4.69, 9.17) is 4.74 Å². The van der Waals surface area contributed by atoms with E-state index in [-0.39, 0.29) is 6.10 Å². The first kappa shape index (κ1) is 16.0. The Balaban J connectivity index is 1.67. The molecule has 2 unspecified atom stereocenters. The molecule has 1 saturated carbocycles. The van der Waals surface area contributed by atoms with Gasteiger partial charge in [-0.2, -0.15) is 0 Å². The highest BCUT2D eigenvalue weighted by atomic mass is 16.5. The molecule has 3 rings (SSSR count). The standard InChI is InChI=1S/C20H31NO/c1-21-15-9-8-12-18(21)16-20(17-10-4-2-5-11-17)22-19-13-6-3-7-14-19/h2,4-5,10-11,18-20H,3,6-9,12-16H2,1H3. The van der Waals surface area contributed by atoms with Crippen molar-refractivity contribution >= 4 is 0 Å². The fraction of sp³-hybridized carbons (Fsp3) is 0.700. The number of rotatable bonds is 5. The van der Waals surface area contributed by atoms with Gasteiger partial charge in [0.15, 0.2) is 0 Å². The lowest BCUT2D eigenvalue weighted by Crippen LogP contribution is -2.38. The maximum atomic E-state index is 6.60. The third kappa shape index (κ3) is 4.33. The summed E-state index contributed by atoms with van der Waals surface area (Å²) in [4.78, 5) is 2.55. The number of hydrogen-bond donors (Lipinski definition) is 0. The highest BCUT2D eigenvalue weighted by Gasteiger charge is 2.26. The van der Waals surface area contributed by atoms with Crippen LogP contribution in [0, 0.1) is 0 Å². The van der Waals surface area contributed by atoms with Crippen LogP contribution in [0.2, 0.25) is 0 Å². The predicted octanol–water partition coefficient (Wildman–Crippen LogP) is 4.95. The second kappa shape index (κ2) is 8.12. The van der Waals surface area contributed by atoms with Gasteiger partial charge >= 0.3 is 0 Å². The average Bonchev–Trinajstić information content (AvgIpc) is 2.58. The average molecular weight is 301 g/mol. The lowest BCUT2D eigenvalue weighted by atomic mass is 9.93. The van der Waals surface area contributed by atoms with Gasteiger partial charge in [0, 0.05) is 6.04 Å². The number of nitrogens with zero attached hydrogens (tertiary/aromatic N) is 1. The van der Waals surface area contributed by atoms with Crippen LogP contribution in [0.4, 0.5) is 0 Å². The van der Waals surface area contributed by atoms with Crippen molar-refractivity contribution in [2.24, 2.45) is 0 Å². The van der Waals surface area contributed by atoms with Crippen LogP contribution in [-0.4, -0.2) is 30.6 Å². The summed E-state index contributed by atoms with van der Waals surface area (Å²) >= 11 is 0. The summed E-state index contributed by atoms with van der Waals surface area (Å²) in [6.07, 6.45) is 12.5. The van der Waals surface area contributed by atoms with Crippen molar-refractivity contribution in [2.45, 2.75) is 76.0 Å². The highest BCUT2D eigenvalue weighted by molar-refractivity contribution is 5.18. The van der Waals surface area contributed by atoms with Crippen LogP contribution in [0.5, 0.6) is 0 Å². The van der Waals surface area contributed by atoms with Gasteiger partial charge in [-0.05, 0) is 51.3 Å². The highest BCUT2D eigenvalue weighted by Crippen LogP contribution is 2.32. The summed E-state index contributed by atoms with van der Waals surface area (Å²) in [5.74, 6) is 0. The smallest absolute Gasteiger partial charge is 0.0843 e. The molecule has 0 radical (unpaired) electrons. The van der Waals surface area contributed by atoms with Gasteiger partial charge in [0.25, 0.3) is 0 Å². The van der Waals surface area contributed by atoms with Crippen molar-refractivity contribution in [1.82, 2.24) is 4.90 Å². The molecular weight excluding hydrogens is 270 g/mol. The molecule has 122 valence electrons. The number of hydrogen-bond acceptors (Lipinski definition) is 2. The molecule has 0 aromatic heterocycles. The van der Waals surface area contributed by atoms with Gasteiger partial charge in [-0.25, -0.2) is 0 Å². The van der Waals surface area contributed by atoms with Gasteiger partial charge in [-0.3, -0.25) is 0 Å². The van der Waals surface area contributed by atoms with E-state index in [0.717, 1.165) is 6.42 Å². The summed E-state index contributed by atoms with van der Waals surface area (Å²) < 4.78 is 6.60.